The topological polar surface area (TPSA) is 25.2 Å². The van der Waals surface area contributed by atoms with Crippen LogP contribution in [0, 0.1) is 11.8 Å². The van der Waals surface area contributed by atoms with Crippen molar-refractivity contribution in [1.29, 1.82) is 0 Å². The number of hydrogen-bond acceptors (Lipinski definition) is 2. The Morgan fingerprint density at radius 3 is 2.89 bits per heavy atom. The molecule has 1 aromatic heterocycles. The van der Waals surface area contributed by atoms with Crippen molar-refractivity contribution in [2.45, 2.75) is 52.0 Å². The van der Waals surface area contributed by atoms with Gasteiger partial charge in [0.1, 0.15) is 5.76 Å². The maximum absolute atomic E-state index is 5.79. The summed E-state index contributed by atoms with van der Waals surface area (Å²) in [5.74, 6) is 2.67. The van der Waals surface area contributed by atoms with Crippen LogP contribution in [0.15, 0.2) is 21.2 Å². The third kappa shape index (κ3) is 3.61. The smallest absolute Gasteiger partial charge is 0.169 e. The second-order valence-electron chi connectivity index (χ2n) is 5.61. The van der Waals surface area contributed by atoms with Gasteiger partial charge in [0.25, 0.3) is 0 Å². The maximum atomic E-state index is 5.79. The van der Waals surface area contributed by atoms with E-state index in [4.69, 9.17) is 4.42 Å². The molecule has 3 unspecified atom stereocenters. The molecule has 1 aliphatic carbocycles. The normalized spacial score (nSPS) is 26.2. The fraction of sp³-hybridized carbons (Fsp3) is 0.733. The summed E-state index contributed by atoms with van der Waals surface area (Å²) >= 11 is 3.41. The van der Waals surface area contributed by atoms with Crippen LogP contribution in [0.5, 0.6) is 0 Å². The molecule has 1 fully saturated rings. The molecular weight excluding hydrogens is 290 g/mol. The summed E-state index contributed by atoms with van der Waals surface area (Å²) in [5, 5.41) is 3.67. The minimum absolute atomic E-state index is 0.388. The molecule has 0 saturated heterocycles. The molecule has 0 aromatic carbocycles. The van der Waals surface area contributed by atoms with Crippen molar-refractivity contribution >= 4 is 15.9 Å². The van der Waals surface area contributed by atoms with Gasteiger partial charge >= 0.3 is 0 Å². The maximum Gasteiger partial charge on any atom is 0.169 e. The van der Waals surface area contributed by atoms with E-state index in [2.05, 4.69) is 41.2 Å². The minimum Gasteiger partial charge on any atom is -0.453 e. The molecule has 0 spiro atoms. The highest BCUT2D eigenvalue weighted by Crippen LogP contribution is 2.38. The monoisotopic (exact) mass is 313 g/mol. The van der Waals surface area contributed by atoms with Crippen molar-refractivity contribution in [2.24, 2.45) is 11.8 Å². The molecule has 2 rings (SSSR count). The third-order valence-corrected chi connectivity index (χ3v) is 4.39. The minimum atomic E-state index is 0.388. The van der Waals surface area contributed by atoms with Gasteiger partial charge in [0, 0.05) is 0 Å². The van der Waals surface area contributed by atoms with E-state index in [1.54, 1.807) is 0 Å². The molecule has 18 heavy (non-hydrogen) atoms. The molecule has 1 saturated carbocycles. The van der Waals surface area contributed by atoms with E-state index >= 15 is 0 Å². The van der Waals surface area contributed by atoms with Gasteiger partial charge in [0.2, 0.25) is 0 Å². The first-order chi connectivity index (χ1) is 8.70. The highest BCUT2D eigenvalue weighted by atomic mass is 79.9. The molecule has 1 aliphatic rings. The summed E-state index contributed by atoms with van der Waals surface area (Å²) in [6.45, 7) is 5.65. The summed E-state index contributed by atoms with van der Waals surface area (Å²) in [4.78, 5) is 0. The van der Waals surface area contributed by atoms with Crippen LogP contribution >= 0.6 is 15.9 Å². The van der Waals surface area contributed by atoms with Gasteiger partial charge in [-0.15, -0.1) is 0 Å². The van der Waals surface area contributed by atoms with Crippen LogP contribution in [0.4, 0.5) is 0 Å². The lowest BCUT2D eigenvalue weighted by Crippen LogP contribution is -2.31. The first-order valence-corrected chi connectivity index (χ1v) is 7.98. The van der Waals surface area contributed by atoms with Crippen LogP contribution < -0.4 is 5.32 Å². The number of nitrogens with one attached hydrogen (secondary N) is 1. The zero-order valence-electron chi connectivity index (χ0n) is 11.4. The van der Waals surface area contributed by atoms with Gasteiger partial charge in [-0.1, -0.05) is 26.7 Å². The number of halogens is 1. The Morgan fingerprint density at radius 1 is 1.44 bits per heavy atom. The van der Waals surface area contributed by atoms with E-state index in [0.717, 1.165) is 28.8 Å². The van der Waals surface area contributed by atoms with Gasteiger partial charge in [0.15, 0.2) is 4.67 Å². The largest absolute Gasteiger partial charge is 0.453 e. The summed E-state index contributed by atoms with van der Waals surface area (Å²) in [6.07, 6.45) is 6.56. The van der Waals surface area contributed by atoms with Crippen molar-refractivity contribution < 1.29 is 4.42 Å². The lowest BCUT2D eigenvalue weighted by molar-refractivity contribution is 0.204. The molecule has 1 N–H and O–H groups in total. The first-order valence-electron chi connectivity index (χ1n) is 7.19. The molecule has 3 atom stereocenters. The first kappa shape index (κ1) is 14.1. The fourth-order valence-corrected chi connectivity index (χ4v) is 3.40. The van der Waals surface area contributed by atoms with E-state index in [1.165, 1.54) is 32.1 Å². The van der Waals surface area contributed by atoms with E-state index in [0.29, 0.717) is 6.04 Å². The Bertz CT molecular complexity index is 363. The molecule has 1 aromatic rings. The quantitative estimate of drug-likeness (QED) is 0.835. The molecule has 2 nitrogen and oxygen atoms in total. The molecule has 0 bridgehead atoms. The van der Waals surface area contributed by atoms with Gasteiger partial charge in [-0.25, -0.2) is 0 Å². The Hall–Kier alpha value is -0.280. The van der Waals surface area contributed by atoms with Crippen molar-refractivity contribution in [1.82, 2.24) is 5.32 Å². The standard InChI is InChI=1S/C15H24BrNO/c1-3-9-17-15(13-7-8-14(16)18-13)12-6-4-5-11(2)10-12/h7-8,11-12,15,17H,3-6,9-10H2,1-2H3. The fourth-order valence-electron chi connectivity index (χ4n) is 3.08. The van der Waals surface area contributed by atoms with Gasteiger partial charge in [-0.2, -0.15) is 0 Å². The molecule has 0 amide bonds. The average Bonchev–Trinajstić information content (AvgIpc) is 2.76. The molecule has 3 heteroatoms. The van der Waals surface area contributed by atoms with E-state index in [-0.39, 0.29) is 0 Å². The van der Waals surface area contributed by atoms with Crippen LogP contribution in [0.3, 0.4) is 0 Å². The molecule has 0 aliphatic heterocycles. The highest BCUT2D eigenvalue weighted by molar-refractivity contribution is 9.10. The van der Waals surface area contributed by atoms with Crippen molar-refractivity contribution in [3.05, 3.63) is 22.6 Å². The molecule has 1 heterocycles. The Kier molecular flexibility index (Phi) is 5.31. The van der Waals surface area contributed by atoms with Crippen molar-refractivity contribution in [3.8, 4) is 0 Å². The van der Waals surface area contributed by atoms with Crippen LogP contribution in [0.25, 0.3) is 0 Å². The van der Waals surface area contributed by atoms with E-state index in [9.17, 15) is 0 Å². The second-order valence-corrected chi connectivity index (χ2v) is 6.39. The zero-order chi connectivity index (χ0) is 13.0. The average molecular weight is 314 g/mol. The zero-order valence-corrected chi connectivity index (χ0v) is 13.0. The lowest BCUT2D eigenvalue weighted by Gasteiger charge is -2.32. The Balaban J connectivity index is 2.08. The number of rotatable bonds is 5. The van der Waals surface area contributed by atoms with Gasteiger partial charge in [-0.05, 0) is 65.7 Å². The van der Waals surface area contributed by atoms with Crippen molar-refractivity contribution in [2.75, 3.05) is 6.54 Å². The highest BCUT2D eigenvalue weighted by Gasteiger charge is 2.29. The second kappa shape index (κ2) is 6.76. The number of furan rings is 1. The van der Waals surface area contributed by atoms with E-state index in [1.807, 2.05) is 6.07 Å². The van der Waals surface area contributed by atoms with Crippen LogP contribution in [0.2, 0.25) is 0 Å². The Morgan fingerprint density at radius 2 is 2.28 bits per heavy atom. The Labute approximate surface area is 119 Å². The number of hydrogen-bond donors (Lipinski definition) is 1. The predicted octanol–water partition coefficient (Wildman–Crippen LogP) is 4.91. The SMILES string of the molecule is CCCNC(c1ccc(Br)o1)C1CCCC(C)C1. The summed E-state index contributed by atoms with van der Waals surface area (Å²) in [7, 11) is 0. The molecule has 102 valence electrons. The summed E-state index contributed by atoms with van der Waals surface area (Å²) in [5.41, 5.74) is 0. The van der Waals surface area contributed by atoms with Gasteiger partial charge < -0.3 is 9.73 Å². The van der Waals surface area contributed by atoms with Crippen LogP contribution in [-0.2, 0) is 0 Å². The van der Waals surface area contributed by atoms with E-state index < -0.39 is 0 Å². The summed E-state index contributed by atoms with van der Waals surface area (Å²) < 4.78 is 6.62. The van der Waals surface area contributed by atoms with Crippen molar-refractivity contribution in [3.63, 3.8) is 0 Å². The summed E-state index contributed by atoms with van der Waals surface area (Å²) in [6, 6.07) is 4.50. The van der Waals surface area contributed by atoms with Gasteiger partial charge in [0.05, 0.1) is 6.04 Å². The molecular formula is C15H24BrNO. The van der Waals surface area contributed by atoms with Crippen LogP contribution in [-0.4, -0.2) is 6.54 Å². The lowest BCUT2D eigenvalue weighted by atomic mass is 9.78. The predicted molar refractivity (Wildman–Crippen MR) is 78.6 cm³/mol. The third-order valence-electron chi connectivity index (χ3n) is 3.96. The van der Waals surface area contributed by atoms with Crippen LogP contribution in [0.1, 0.15) is 57.8 Å². The van der Waals surface area contributed by atoms with Gasteiger partial charge in [-0.3, -0.25) is 0 Å². The molecule has 0 radical (unpaired) electrons.